The van der Waals surface area contributed by atoms with Crippen LogP contribution in [0, 0.1) is 0 Å². The molecule has 0 spiro atoms. The fourth-order valence-corrected chi connectivity index (χ4v) is 1.34. The Bertz CT molecular complexity index is 268. The van der Waals surface area contributed by atoms with E-state index in [1.165, 1.54) is 0 Å². The normalized spacial score (nSPS) is 9.06. The molecule has 0 aromatic heterocycles. The topological polar surface area (TPSA) is 124 Å². The van der Waals surface area contributed by atoms with Crippen molar-refractivity contribution in [3.8, 4) is 0 Å². The number of rotatable bonds is 7. The number of carboxylic acids is 2. The number of hydrogen-bond acceptors (Lipinski definition) is 7. The number of aliphatic carboxylic acids is 2. The van der Waals surface area contributed by atoms with Crippen molar-refractivity contribution in [3.63, 3.8) is 0 Å². The maximum atomic E-state index is 10.8. The summed E-state index contributed by atoms with van der Waals surface area (Å²) in [5, 5.41) is 18.6. The van der Waals surface area contributed by atoms with Crippen molar-refractivity contribution >= 4 is 41.6 Å². The van der Waals surface area contributed by atoms with Crippen LogP contribution in [0.4, 0.5) is 0 Å². The molecule has 16 heavy (non-hydrogen) atoms. The molecular formula is C6H7BiNNaO7. The van der Waals surface area contributed by atoms with Gasteiger partial charge in [0.25, 0.3) is 0 Å². The average Bonchev–Trinajstić information content (AvgIpc) is 2.00. The summed E-state index contributed by atoms with van der Waals surface area (Å²) in [5.41, 5.74) is 0. The van der Waals surface area contributed by atoms with Crippen LogP contribution < -0.4 is 34.7 Å². The zero-order valence-corrected chi connectivity index (χ0v) is 13.9. The quantitative estimate of drug-likeness (QED) is 0.391. The third-order valence-electron chi connectivity index (χ3n) is 1.20. The predicted molar refractivity (Wildman–Crippen MR) is 41.6 cm³/mol. The first-order valence-electron chi connectivity index (χ1n) is 3.62. The second-order valence-corrected chi connectivity index (χ2v) is 3.74. The summed E-state index contributed by atoms with van der Waals surface area (Å²) in [5.74, 6) is -3.69. The number of hydrogen-bond donors (Lipinski definition) is 1. The Hall–Kier alpha value is 0.0531. The Morgan fingerprint density at radius 1 is 1.25 bits per heavy atom. The minimum absolute atomic E-state index is 0. The molecule has 8 nitrogen and oxygen atoms in total. The van der Waals surface area contributed by atoms with Crippen LogP contribution in [0.2, 0.25) is 0 Å². The van der Waals surface area contributed by atoms with Crippen molar-refractivity contribution in [1.82, 2.24) is 4.90 Å². The number of carbonyl (C=O) groups excluding carboxylic acids is 2. The third-order valence-corrected chi connectivity index (χ3v) is 2.28. The van der Waals surface area contributed by atoms with Gasteiger partial charge >= 0.3 is 126 Å². The molecule has 0 saturated heterocycles. The van der Waals surface area contributed by atoms with Gasteiger partial charge in [-0.25, -0.2) is 0 Å². The standard InChI is InChI=1S/C6H9NO6.Bi.Na.O/c8-4(9)1-7(2-5(10)11)3-6(12)13;;;/h1-3H2,(H,8,9)(H,10,11)(H,12,13);;;/q;2*+1;/p-2. The van der Waals surface area contributed by atoms with E-state index in [1.807, 2.05) is 0 Å². The summed E-state index contributed by atoms with van der Waals surface area (Å²) >= 11 is -2.49. The Balaban J connectivity index is 0. The number of nitrogens with zero attached hydrogens (tertiary/aromatic N) is 1. The van der Waals surface area contributed by atoms with Gasteiger partial charge in [-0.1, -0.05) is 0 Å². The van der Waals surface area contributed by atoms with E-state index in [2.05, 4.69) is 2.81 Å². The zero-order valence-electron chi connectivity index (χ0n) is 8.41. The maximum absolute atomic E-state index is 10.8. The first-order valence-corrected chi connectivity index (χ1v) is 6.46. The van der Waals surface area contributed by atoms with Crippen LogP contribution >= 0.6 is 0 Å². The molecular weight excluding hydrogens is 430 g/mol. The molecule has 0 radical (unpaired) electrons. The van der Waals surface area contributed by atoms with Gasteiger partial charge in [-0.15, -0.1) is 0 Å². The van der Waals surface area contributed by atoms with Crippen LogP contribution in [-0.2, 0) is 20.0 Å². The van der Waals surface area contributed by atoms with Gasteiger partial charge in [-0.3, -0.25) is 0 Å². The molecule has 0 aliphatic heterocycles. The summed E-state index contributed by atoms with van der Waals surface area (Å²) in [4.78, 5) is 32.0. The van der Waals surface area contributed by atoms with Gasteiger partial charge in [0.15, 0.2) is 0 Å². The van der Waals surface area contributed by atoms with Gasteiger partial charge in [0.1, 0.15) is 0 Å². The SMILES string of the molecule is [Na+].[O]=[Bi][O]C(=O)CN(CC(=O)[O-])CC(=O)O. The molecule has 0 aliphatic carbocycles. The van der Waals surface area contributed by atoms with Crippen molar-refractivity contribution < 1.29 is 59.8 Å². The van der Waals surface area contributed by atoms with E-state index in [0.717, 1.165) is 4.90 Å². The second kappa shape index (κ2) is 10.2. The van der Waals surface area contributed by atoms with Crippen molar-refractivity contribution in [3.05, 3.63) is 0 Å². The fourth-order valence-electron chi connectivity index (χ4n) is 0.795. The van der Waals surface area contributed by atoms with Gasteiger partial charge in [0, 0.05) is 0 Å². The Morgan fingerprint density at radius 2 is 1.81 bits per heavy atom. The summed E-state index contributed by atoms with van der Waals surface area (Å²) in [6.45, 7) is -1.87. The van der Waals surface area contributed by atoms with Gasteiger partial charge in [0.2, 0.25) is 0 Å². The van der Waals surface area contributed by atoms with E-state index >= 15 is 0 Å². The monoisotopic (exact) mass is 437 g/mol. The van der Waals surface area contributed by atoms with Crippen molar-refractivity contribution in [1.29, 1.82) is 0 Å². The van der Waals surface area contributed by atoms with E-state index < -0.39 is 61.2 Å². The Labute approximate surface area is 125 Å². The first-order chi connectivity index (χ1) is 6.95. The molecule has 0 unspecified atom stereocenters. The molecule has 0 fully saturated rings. The van der Waals surface area contributed by atoms with E-state index in [0.29, 0.717) is 0 Å². The fraction of sp³-hybridized carbons (Fsp3) is 0.500. The van der Waals surface area contributed by atoms with Crippen LogP contribution in [-0.4, -0.2) is 71.2 Å². The third kappa shape index (κ3) is 10.6. The minimum atomic E-state index is -2.49. The van der Waals surface area contributed by atoms with Gasteiger partial charge in [-0.05, 0) is 0 Å². The molecule has 1 N–H and O–H groups in total. The average molecular weight is 437 g/mol. The van der Waals surface area contributed by atoms with Gasteiger partial charge in [0.05, 0.1) is 0 Å². The second-order valence-electron chi connectivity index (χ2n) is 2.45. The molecule has 0 aromatic rings. The van der Waals surface area contributed by atoms with Crippen molar-refractivity contribution in [2.24, 2.45) is 0 Å². The van der Waals surface area contributed by atoms with Crippen molar-refractivity contribution in [2.45, 2.75) is 0 Å². The van der Waals surface area contributed by atoms with Crippen molar-refractivity contribution in [2.75, 3.05) is 19.6 Å². The summed E-state index contributed by atoms with van der Waals surface area (Å²) in [6.07, 6.45) is 0. The van der Waals surface area contributed by atoms with E-state index in [9.17, 15) is 22.3 Å². The molecule has 10 heteroatoms. The summed E-state index contributed by atoms with van der Waals surface area (Å²) < 4.78 is 14.2. The molecule has 0 aromatic carbocycles. The summed E-state index contributed by atoms with van der Waals surface area (Å²) in [7, 11) is 0. The van der Waals surface area contributed by atoms with E-state index in [-0.39, 0.29) is 29.6 Å². The number of carboxylic acid groups (broad SMARTS) is 2. The van der Waals surface area contributed by atoms with E-state index in [4.69, 9.17) is 5.11 Å². The molecule has 0 rings (SSSR count). The van der Waals surface area contributed by atoms with Crippen LogP contribution in [0.5, 0.6) is 0 Å². The Kier molecular flexibility index (Phi) is 11.8. The zero-order chi connectivity index (χ0) is 11.8. The first kappa shape index (κ1) is 18.4. The van der Waals surface area contributed by atoms with Gasteiger partial charge < -0.3 is 0 Å². The molecule has 0 bridgehead atoms. The predicted octanol–water partition coefficient (Wildman–Crippen LogP) is -6.37. The molecule has 84 valence electrons. The number of carbonyl (C=O) groups is 3. The van der Waals surface area contributed by atoms with Crippen LogP contribution in [0.15, 0.2) is 0 Å². The molecule has 0 atom stereocenters. The Morgan fingerprint density at radius 3 is 2.19 bits per heavy atom. The molecule has 0 saturated carbocycles. The van der Waals surface area contributed by atoms with Gasteiger partial charge in [-0.2, -0.15) is 0 Å². The van der Waals surface area contributed by atoms with Crippen LogP contribution in [0.1, 0.15) is 0 Å². The summed E-state index contributed by atoms with van der Waals surface area (Å²) in [6, 6.07) is 0. The molecule has 0 aliphatic rings. The molecule has 0 heterocycles. The van der Waals surface area contributed by atoms with Crippen LogP contribution in [0.3, 0.4) is 0 Å². The molecule has 0 amide bonds. The van der Waals surface area contributed by atoms with E-state index in [1.54, 1.807) is 0 Å². The van der Waals surface area contributed by atoms with Crippen LogP contribution in [0.25, 0.3) is 0 Å².